The standard InChI is InChI=1S/C23H34N4O/c1-2-27-22-20(17-12-7-8-13-18(17)23(28)24-22)21(25-27)19-14-9-15-26(19)16-10-5-3-4-6-11-16/h16,19H,2-15H2,1H3,(H,24,28). The van der Waals surface area contributed by atoms with E-state index in [2.05, 4.69) is 16.8 Å². The summed E-state index contributed by atoms with van der Waals surface area (Å²) >= 11 is 0. The minimum atomic E-state index is 0.121. The molecule has 2 aromatic heterocycles. The second kappa shape index (κ2) is 7.66. The third-order valence-corrected chi connectivity index (χ3v) is 7.46. The molecule has 3 heterocycles. The smallest absolute Gasteiger partial charge is 0.253 e. The first kappa shape index (κ1) is 18.4. The summed E-state index contributed by atoms with van der Waals surface area (Å²) in [6.45, 7) is 4.15. The number of aromatic amines is 1. The molecule has 5 heteroatoms. The number of hydrogen-bond donors (Lipinski definition) is 1. The fourth-order valence-electron chi connectivity index (χ4n) is 6.09. The third kappa shape index (κ3) is 3.02. The molecule has 0 spiro atoms. The number of aromatic nitrogens is 3. The van der Waals surface area contributed by atoms with E-state index in [4.69, 9.17) is 5.10 Å². The van der Waals surface area contributed by atoms with Crippen molar-refractivity contribution in [3.63, 3.8) is 0 Å². The average molecular weight is 383 g/mol. The van der Waals surface area contributed by atoms with E-state index in [-0.39, 0.29) is 5.56 Å². The second-order valence-corrected chi connectivity index (χ2v) is 9.08. The molecule has 5 rings (SSSR count). The van der Waals surface area contributed by atoms with Crippen molar-refractivity contribution < 1.29 is 0 Å². The van der Waals surface area contributed by atoms with Gasteiger partial charge in [-0.15, -0.1) is 0 Å². The van der Waals surface area contributed by atoms with Crippen LogP contribution in [0.3, 0.4) is 0 Å². The van der Waals surface area contributed by atoms with Crippen LogP contribution in [0.2, 0.25) is 0 Å². The Balaban J connectivity index is 1.62. The molecule has 28 heavy (non-hydrogen) atoms. The van der Waals surface area contributed by atoms with E-state index in [1.54, 1.807) is 0 Å². The molecular formula is C23H34N4O. The van der Waals surface area contributed by atoms with E-state index in [9.17, 15) is 4.79 Å². The van der Waals surface area contributed by atoms with Gasteiger partial charge in [0, 0.05) is 23.5 Å². The molecule has 2 fully saturated rings. The summed E-state index contributed by atoms with van der Waals surface area (Å²) in [7, 11) is 0. The van der Waals surface area contributed by atoms with Crippen LogP contribution in [0.5, 0.6) is 0 Å². The fourth-order valence-corrected chi connectivity index (χ4v) is 6.09. The van der Waals surface area contributed by atoms with Gasteiger partial charge in [-0.1, -0.05) is 25.7 Å². The fraction of sp³-hybridized carbons (Fsp3) is 0.739. The molecule has 1 aliphatic heterocycles. The van der Waals surface area contributed by atoms with Crippen LogP contribution in [0.4, 0.5) is 0 Å². The van der Waals surface area contributed by atoms with Crippen LogP contribution in [0.1, 0.15) is 94.0 Å². The highest BCUT2D eigenvalue weighted by molar-refractivity contribution is 5.84. The van der Waals surface area contributed by atoms with Crippen molar-refractivity contribution in [1.29, 1.82) is 0 Å². The molecule has 1 N–H and O–H groups in total. The van der Waals surface area contributed by atoms with Gasteiger partial charge in [-0.2, -0.15) is 5.10 Å². The summed E-state index contributed by atoms with van der Waals surface area (Å²) in [5.74, 6) is 0. The highest BCUT2D eigenvalue weighted by Crippen LogP contribution is 2.40. The number of nitrogens with zero attached hydrogens (tertiary/aromatic N) is 3. The number of rotatable bonds is 3. The second-order valence-electron chi connectivity index (χ2n) is 9.08. The normalized spacial score (nSPS) is 24.5. The molecule has 5 nitrogen and oxygen atoms in total. The van der Waals surface area contributed by atoms with E-state index in [1.807, 2.05) is 4.68 Å². The van der Waals surface area contributed by atoms with Crippen molar-refractivity contribution in [3.05, 3.63) is 27.2 Å². The van der Waals surface area contributed by atoms with Gasteiger partial charge in [0.2, 0.25) is 0 Å². The Morgan fingerprint density at radius 3 is 2.46 bits per heavy atom. The number of pyridine rings is 1. The highest BCUT2D eigenvalue weighted by Gasteiger charge is 2.36. The lowest BCUT2D eigenvalue weighted by molar-refractivity contribution is 0.161. The van der Waals surface area contributed by atoms with Crippen molar-refractivity contribution in [1.82, 2.24) is 19.7 Å². The Labute approximate surface area is 167 Å². The monoisotopic (exact) mass is 382 g/mol. The predicted molar refractivity (Wildman–Crippen MR) is 113 cm³/mol. The Bertz CT molecular complexity index is 903. The molecule has 0 aromatic carbocycles. The molecule has 3 aliphatic rings. The average Bonchev–Trinajstić information content (AvgIpc) is 3.24. The van der Waals surface area contributed by atoms with Gasteiger partial charge in [-0.25, -0.2) is 4.68 Å². The van der Waals surface area contributed by atoms with E-state index in [0.29, 0.717) is 6.04 Å². The lowest BCUT2D eigenvalue weighted by atomic mass is 9.89. The lowest BCUT2D eigenvalue weighted by Crippen LogP contribution is -2.34. The topological polar surface area (TPSA) is 53.9 Å². The number of hydrogen-bond acceptors (Lipinski definition) is 3. The molecule has 0 bridgehead atoms. The Morgan fingerprint density at radius 2 is 1.71 bits per heavy atom. The maximum Gasteiger partial charge on any atom is 0.253 e. The zero-order valence-electron chi connectivity index (χ0n) is 17.3. The maximum atomic E-state index is 12.7. The van der Waals surface area contributed by atoms with Gasteiger partial charge in [0.25, 0.3) is 5.56 Å². The molecular weight excluding hydrogens is 348 g/mol. The molecule has 0 amide bonds. The lowest BCUT2D eigenvalue weighted by Gasteiger charge is -2.32. The molecule has 0 radical (unpaired) electrons. The van der Waals surface area contributed by atoms with Crippen LogP contribution < -0.4 is 5.56 Å². The van der Waals surface area contributed by atoms with Gasteiger partial charge in [0.15, 0.2) is 0 Å². The Morgan fingerprint density at radius 1 is 0.964 bits per heavy atom. The maximum absolute atomic E-state index is 12.7. The van der Waals surface area contributed by atoms with Crippen LogP contribution in [0.25, 0.3) is 11.0 Å². The van der Waals surface area contributed by atoms with Crippen LogP contribution in [-0.4, -0.2) is 32.3 Å². The first-order valence-corrected chi connectivity index (χ1v) is 11.7. The molecule has 1 atom stereocenters. The van der Waals surface area contributed by atoms with Crippen molar-refractivity contribution in [3.8, 4) is 0 Å². The number of likely N-dealkylation sites (tertiary alicyclic amines) is 1. The summed E-state index contributed by atoms with van der Waals surface area (Å²) in [5, 5.41) is 6.41. The molecule has 1 saturated heterocycles. The van der Waals surface area contributed by atoms with Gasteiger partial charge < -0.3 is 4.98 Å². The van der Waals surface area contributed by atoms with Crippen LogP contribution in [0.15, 0.2) is 4.79 Å². The first-order chi connectivity index (χ1) is 13.8. The number of fused-ring (bicyclic) bond motifs is 3. The van der Waals surface area contributed by atoms with Crippen LogP contribution in [-0.2, 0) is 19.4 Å². The van der Waals surface area contributed by atoms with Crippen molar-refractivity contribution in [2.45, 2.75) is 103 Å². The molecule has 152 valence electrons. The SMILES string of the molecule is CCn1nc(C2CCCN2C2CCCCCC2)c2c3c(c(=O)[nH]c21)CCCC3. The van der Waals surface area contributed by atoms with Gasteiger partial charge in [0.05, 0.1) is 11.7 Å². The Hall–Kier alpha value is -1.62. The Kier molecular flexibility index (Phi) is 5.04. The van der Waals surface area contributed by atoms with Gasteiger partial charge in [0.1, 0.15) is 5.65 Å². The van der Waals surface area contributed by atoms with E-state index >= 15 is 0 Å². The number of aryl methyl sites for hydroxylation is 2. The van der Waals surface area contributed by atoms with Crippen molar-refractivity contribution >= 4 is 11.0 Å². The quantitative estimate of drug-likeness (QED) is 0.796. The van der Waals surface area contributed by atoms with Crippen LogP contribution in [0, 0.1) is 0 Å². The van der Waals surface area contributed by atoms with Gasteiger partial charge in [-0.3, -0.25) is 9.69 Å². The largest absolute Gasteiger partial charge is 0.307 e. The molecule has 2 aromatic rings. The van der Waals surface area contributed by atoms with Crippen molar-refractivity contribution in [2.75, 3.05) is 6.54 Å². The zero-order valence-corrected chi connectivity index (χ0v) is 17.3. The van der Waals surface area contributed by atoms with Crippen molar-refractivity contribution in [2.24, 2.45) is 0 Å². The van der Waals surface area contributed by atoms with E-state index in [0.717, 1.165) is 43.1 Å². The molecule has 2 aliphatic carbocycles. The number of H-pyrrole nitrogens is 1. The van der Waals surface area contributed by atoms with Gasteiger partial charge in [-0.05, 0) is 70.4 Å². The van der Waals surface area contributed by atoms with E-state index in [1.165, 1.54) is 81.0 Å². The minimum Gasteiger partial charge on any atom is -0.307 e. The number of nitrogens with one attached hydrogen (secondary N) is 1. The zero-order chi connectivity index (χ0) is 19.1. The summed E-state index contributed by atoms with van der Waals surface area (Å²) in [4.78, 5) is 18.7. The summed E-state index contributed by atoms with van der Waals surface area (Å²) in [6, 6.07) is 1.14. The van der Waals surface area contributed by atoms with Gasteiger partial charge >= 0.3 is 0 Å². The molecule has 1 unspecified atom stereocenters. The van der Waals surface area contributed by atoms with E-state index < -0.39 is 0 Å². The highest BCUT2D eigenvalue weighted by atomic mass is 16.1. The molecule has 1 saturated carbocycles. The predicted octanol–water partition coefficient (Wildman–Crippen LogP) is 4.48. The summed E-state index contributed by atoms with van der Waals surface area (Å²) in [6.07, 6.45) is 15.0. The summed E-state index contributed by atoms with van der Waals surface area (Å²) in [5.41, 5.74) is 4.70. The minimum absolute atomic E-state index is 0.121. The van der Waals surface area contributed by atoms with Crippen LogP contribution >= 0.6 is 0 Å². The first-order valence-electron chi connectivity index (χ1n) is 11.7. The summed E-state index contributed by atoms with van der Waals surface area (Å²) < 4.78 is 2.05. The third-order valence-electron chi connectivity index (χ3n) is 7.46.